The highest BCUT2D eigenvalue weighted by molar-refractivity contribution is 4.92. The lowest BCUT2D eigenvalue weighted by molar-refractivity contribution is -0.0653. The average Bonchev–Trinajstić information content (AvgIpc) is 2.60. The Morgan fingerprint density at radius 1 is 1.53 bits per heavy atom. The summed E-state index contributed by atoms with van der Waals surface area (Å²) in [5, 5.41) is 3.60. The average molecular weight is 212 g/mol. The van der Waals surface area contributed by atoms with Crippen LogP contribution in [-0.4, -0.2) is 42.9 Å². The van der Waals surface area contributed by atoms with Crippen LogP contribution in [0.25, 0.3) is 0 Å². The van der Waals surface area contributed by atoms with Crippen molar-refractivity contribution in [2.45, 2.75) is 45.4 Å². The van der Waals surface area contributed by atoms with Gasteiger partial charge in [-0.1, -0.05) is 6.92 Å². The minimum absolute atomic E-state index is 0.0761. The zero-order valence-electron chi connectivity index (χ0n) is 10.3. The van der Waals surface area contributed by atoms with Crippen LogP contribution in [0.1, 0.15) is 33.6 Å². The fraction of sp³-hybridized carbons (Fsp3) is 1.00. The predicted octanol–water partition coefficient (Wildman–Crippen LogP) is 1.44. The molecule has 0 aromatic rings. The van der Waals surface area contributed by atoms with Gasteiger partial charge in [0.25, 0.3) is 0 Å². The summed E-state index contributed by atoms with van der Waals surface area (Å²) in [5.74, 6) is 0.649. The first kappa shape index (κ1) is 11.4. The molecular weight excluding hydrogens is 188 g/mol. The Bertz CT molecular complexity index is 222. The second kappa shape index (κ2) is 4.40. The number of hydrogen-bond acceptors (Lipinski definition) is 3. The summed E-state index contributed by atoms with van der Waals surface area (Å²) in [6, 6.07) is 0.506. The molecule has 2 saturated heterocycles. The van der Waals surface area contributed by atoms with Crippen LogP contribution in [0.3, 0.4) is 0 Å². The van der Waals surface area contributed by atoms with Crippen LogP contribution < -0.4 is 5.32 Å². The Kier molecular flexibility index (Phi) is 3.33. The lowest BCUT2D eigenvalue weighted by Crippen LogP contribution is -2.53. The molecular formula is C12H24N2O. The summed E-state index contributed by atoms with van der Waals surface area (Å²) in [6.07, 6.45) is 2.61. The van der Waals surface area contributed by atoms with Crippen LogP contribution in [0.2, 0.25) is 0 Å². The molecule has 2 heterocycles. The third kappa shape index (κ3) is 2.35. The summed E-state index contributed by atoms with van der Waals surface area (Å²) < 4.78 is 5.95. The second-order valence-corrected chi connectivity index (χ2v) is 5.20. The first-order valence-corrected chi connectivity index (χ1v) is 6.28. The van der Waals surface area contributed by atoms with Crippen molar-refractivity contribution in [2.75, 3.05) is 26.2 Å². The van der Waals surface area contributed by atoms with Gasteiger partial charge < -0.3 is 9.64 Å². The van der Waals surface area contributed by atoms with E-state index in [0.717, 1.165) is 6.61 Å². The third-order valence-corrected chi connectivity index (χ3v) is 3.90. The van der Waals surface area contributed by atoms with E-state index in [1.54, 1.807) is 0 Å². The van der Waals surface area contributed by atoms with E-state index in [4.69, 9.17) is 4.74 Å². The second-order valence-electron chi connectivity index (χ2n) is 5.20. The first-order chi connectivity index (χ1) is 7.14. The molecule has 0 aliphatic carbocycles. The van der Waals surface area contributed by atoms with Gasteiger partial charge in [-0.05, 0) is 39.8 Å². The SMILES string of the molecule is CCN1CCCC(C2(C)NC(C)CO2)C1. The van der Waals surface area contributed by atoms with Gasteiger partial charge in [0.2, 0.25) is 0 Å². The molecule has 2 aliphatic heterocycles. The Labute approximate surface area is 93.2 Å². The van der Waals surface area contributed by atoms with Crippen molar-refractivity contribution >= 4 is 0 Å². The van der Waals surface area contributed by atoms with E-state index in [1.165, 1.54) is 32.5 Å². The number of hydrogen-bond donors (Lipinski definition) is 1. The number of piperidine rings is 1. The molecule has 3 unspecified atom stereocenters. The maximum absolute atomic E-state index is 5.95. The van der Waals surface area contributed by atoms with E-state index in [2.05, 4.69) is 31.0 Å². The quantitative estimate of drug-likeness (QED) is 0.749. The van der Waals surface area contributed by atoms with Crippen molar-refractivity contribution in [3.8, 4) is 0 Å². The normalized spacial score (nSPS) is 43.4. The van der Waals surface area contributed by atoms with E-state index in [0.29, 0.717) is 12.0 Å². The monoisotopic (exact) mass is 212 g/mol. The summed E-state index contributed by atoms with van der Waals surface area (Å²) in [6.45, 7) is 11.1. The van der Waals surface area contributed by atoms with Gasteiger partial charge in [-0.3, -0.25) is 5.32 Å². The molecule has 1 N–H and O–H groups in total. The number of likely N-dealkylation sites (tertiary alicyclic amines) is 1. The minimum Gasteiger partial charge on any atom is -0.359 e. The zero-order chi connectivity index (χ0) is 10.9. The van der Waals surface area contributed by atoms with E-state index in [-0.39, 0.29) is 5.72 Å². The molecule has 2 fully saturated rings. The highest BCUT2D eigenvalue weighted by Gasteiger charge is 2.42. The van der Waals surface area contributed by atoms with Gasteiger partial charge in [-0.2, -0.15) is 0 Å². The van der Waals surface area contributed by atoms with E-state index >= 15 is 0 Å². The summed E-state index contributed by atoms with van der Waals surface area (Å²) in [5.41, 5.74) is -0.0761. The van der Waals surface area contributed by atoms with E-state index < -0.39 is 0 Å². The molecule has 0 bridgehead atoms. The van der Waals surface area contributed by atoms with Gasteiger partial charge in [0.15, 0.2) is 0 Å². The number of ether oxygens (including phenoxy) is 1. The number of nitrogens with one attached hydrogen (secondary N) is 1. The number of nitrogens with zero attached hydrogens (tertiary/aromatic N) is 1. The third-order valence-electron chi connectivity index (χ3n) is 3.90. The van der Waals surface area contributed by atoms with Gasteiger partial charge in [0.05, 0.1) is 6.61 Å². The Morgan fingerprint density at radius 2 is 2.33 bits per heavy atom. The standard InChI is InChI=1S/C12H24N2O/c1-4-14-7-5-6-11(8-14)12(3)13-10(2)9-15-12/h10-11,13H,4-9H2,1-3H3. The lowest BCUT2D eigenvalue weighted by atomic mass is 9.88. The van der Waals surface area contributed by atoms with Gasteiger partial charge in [-0.25, -0.2) is 0 Å². The fourth-order valence-electron chi connectivity index (χ4n) is 2.90. The van der Waals surface area contributed by atoms with Gasteiger partial charge in [-0.15, -0.1) is 0 Å². The Morgan fingerprint density at radius 3 is 2.93 bits per heavy atom. The Hall–Kier alpha value is -0.120. The van der Waals surface area contributed by atoms with Gasteiger partial charge in [0, 0.05) is 18.5 Å². The largest absolute Gasteiger partial charge is 0.359 e. The molecule has 0 radical (unpaired) electrons. The van der Waals surface area contributed by atoms with Crippen molar-refractivity contribution in [1.29, 1.82) is 0 Å². The highest BCUT2D eigenvalue weighted by atomic mass is 16.5. The van der Waals surface area contributed by atoms with Crippen molar-refractivity contribution in [2.24, 2.45) is 5.92 Å². The van der Waals surface area contributed by atoms with Gasteiger partial charge >= 0.3 is 0 Å². The van der Waals surface area contributed by atoms with Crippen molar-refractivity contribution in [3.05, 3.63) is 0 Å². The molecule has 88 valence electrons. The molecule has 3 nitrogen and oxygen atoms in total. The van der Waals surface area contributed by atoms with Crippen LogP contribution in [0, 0.1) is 5.92 Å². The highest BCUT2D eigenvalue weighted by Crippen LogP contribution is 2.31. The zero-order valence-corrected chi connectivity index (χ0v) is 10.3. The molecule has 0 saturated carbocycles. The van der Waals surface area contributed by atoms with Gasteiger partial charge in [0.1, 0.15) is 5.72 Å². The minimum atomic E-state index is -0.0761. The summed E-state index contributed by atoms with van der Waals surface area (Å²) in [7, 11) is 0. The molecule has 0 amide bonds. The molecule has 2 aliphatic rings. The topological polar surface area (TPSA) is 24.5 Å². The molecule has 3 atom stereocenters. The number of rotatable bonds is 2. The van der Waals surface area contributed by atoms with Crippen LogP contribution in [0.15, 0.2) is 0 Å². The molecule has 3 heteroatoms. The molecule has 15 heavy (non-hydrogen) atoms. The fourth-order valence-corrected chi connectivity index (χ4v) is 2.90. The Balaban J connectivity index is 1.97. The van der Waals surface area contributed by atoms with E-state index in [9.17, 15) is 0 Å². The van der Waals surface area contributed by atoms with Crippen LogP contribution in [0.4, 0.5) is 0 Å². The lowest BCUT2D eigenvalue weighted by Gasteiger charge is -2.40. The molecule has 0 spiro atoms. The molecule has 0 aromatic carbocycles. The first-order valence-electron chi connectivity index (χ1n) is 6.28. The maximum Gasteiger partial charge on any atom is 0.120 e. The maximum atomic E-state index is 5.95. The van der Waals surface area contributed by atoms with Crippen molar-refractivity contribution < 1.29 is 4.74 Å². The summed E-state index contributed by atoms with van der Waals surface area (Å²) in [4.78, 5) is 2.54. The smallest absolute Gasteiger partial charge is 0.120 e. The van der Waals surface area contributed by atoms with Crippen LogP contribution >= 0.6 is 0 Å². The van der Waals surface area contributed by atoms with Crippen LogP contribution in [0.5, 0.6) is 0 Å². The predicted molar refractivity (Wildman–Crippen MR) is 61.8 cm³/mol. The van der Waals surface area contributed by atoms with Crippen molar-refractivity contribution in [3.63, 3.8) is 0 Å². The summed E-state index contributed by atoms with van der Waals surface area (Å²) >= 11 is 0. The van der Waals surface area contributed by atoms with Crippen LogP contribution in [-0.2, 0) is 4.74 Å². The van der Waals surface area contributed by atoms with E-state index in [1.807, 2.05) is 0 Å². The molecule has 2 rings (SSSR count). The molecule has 0 aromatic heterocycles. The van der Waals surface area contributed by atoms with Crippen molar-refractivity contribution in [1.82, 2.24) is 10.2 Å².